The summed E-state index contributed by atoms with van der Waals surface area (Å²) in [5.74, 6) is 0.649. The van der Waals surface area contributed by atoms with Gasteiger partial charge in [0.15, 0.2) is 0 Å². The van der Waals surface area contributed by atoms with Crippen LogP contribution >= 0.6 is 0 Å². The van der Waals surface area contributed by atoms with Crippen molar-refractivity contribution in [3.63, 3.8) is 0 Å². The number of nitrogens with two attached hydrogens (primary N) is 1. The molecule has 0 aromatic heterocycles. The van der Waals surface area contributed by atoms with Crippen molar-refractivity contribution in [3.05, 3.63) is 0 Å². The van der Waals surface area contributed by atoms with E-state index in [4.69, 9.17) is 10.5 Å². The van der Waals surface area contributed by atoms with E-state index in [0.29, 0.717) is 11.3 Å². The Morgan fingerprint density at radius 2 is 1.94 bits per heavy atom. The Kier molecular flexibility index (Phi) is 2.89. The molecule has 17 heavy (non-hydrogen) atoms. The lowest BCUT2D eigenvalue weighted by molar-refractivity contribution is -0.0987. The maximum atomic E-state index is 11.8. The van der Waals surface area contributed by atoms with E-state index in [1.807, 2.05) is 25.7 Å². The third-order valence-electron chi connectivity index (χ3n) is 3.84. The lowest BCUT2D eigenvalue weighted by atomic mass is 9.56. The summed E-state index contributed by atoms with van der Waals surface area (Å²) in [5.41, 5.74) is 5.85. The number of nitrogens with zero attached hydrogens (tertiary/aromatic N) is 1. The van der Waals surface area contributed by atoms with E-state index in [0.717, 1.165) is 13.1 Å². The van der Waals surface area contributed by atoms with Gasteiger partial charge in [-0.2, -0.15) is 0 Å². The molecule has 0 bridgehead atoms. The Bertz CT molecular complexity index is 306. The average molecular weight is 240 g/mol. The molecular weight excluding hydrogens is 216 g/mol. The van der Waals surface area contributed by atoms with Crippen LogP contribution in [0, 0.1) is 11.3 Å². The molecule has 1 unspecified atom stereocenters. The van der Waals surface area contributed by atoms with Gasteiger partial charge < -0.3 is 15.4 Å². The van der Waals surface area contributed by atoms with Gasteiger partial charge in [-0.15, -0.1) is 0 Å². The van der Waals surface area contributed by atoms with E-state index in [-0.39, 0.29) is 12.1 Å². The smallest absolute Gasteiger partial charge is 0.410 e. The SMILES string of the molecule is CC(N)C1CC2(C1)CN(C(=O)OC(C)(C)C)C2. The molecule has 98 valence electrons. The van der Waals surface area contributed by atoms with E-state index in [1.54, 1.807) is 0 Å². The number of amides is 1. The molecule has 0 aromatic carbocycles. The van der Waals surface area contributed by atoms with Gasteiger partial charge in [0, 0.05) is 24.5 Å². The van der Waals surface area contributed by atoms with Crippen molar-refractivity contribution in [2.45, 2.75) is 52.2 Å². The lowest BCUT2D eigenvalue weighted by Gasteiger charge is -2.59. The quantitative estimate of drug-likeness (QED) is 0.762. The van der Waals surface area contributed by atoms with Gasteiger partial charge in [-0.25, -0.2) is 4.79 Å². The summed E-state index contributed by atoms with van der Waals surface area (Å²) in [6.45, 7) is 9.47. The Hall–Kier alpha value is -0.770. The summed E-state index contributed by atoms with van der Waals surface area (Å²) < 4.78 is 5.34. The molecule has 1 saturated heterocycles. The van der Waals surface area contributed by atoms with E-state index in [9.17, 15) is 4.79 Å². The number of likely N-dealkylation sites (tertiary alicyclic amines) is 1. The third-order valence-corrected chi connectivity index (χ3v) is 3.84. The Balaban J connectivity index is 1.75. The molecule has 2 rings (SSSR count). The second-order valence-electron chi connectivity index (χ2n) is 6.86. The van der Waals surface area contributed by atoms with Crippen molar-refractivity contribution in [1.82, 2.24) is 4.90 Å². The van der Waals surface area contributed by atoms with Gasteiger partial charge in [0.1, 0.15) is 5.60 Å². The van der Waals surface area contributed by atoms with Crippen LogP contribution in [-0.4, -0.2) is 35.7 Å². The molecule has 2 fully saturated rings. The first-order chi connectivity index (χ1) is 7.71. The summed E-state index contributed by atoms with van der Waals surface area (Å²) in [5, 5.41) is 0. The molecule has 2 aliphatic rings. The molecule has 1 aliphatic heterocycles. The van der Waals surface area contributed by atoms with Gasteiger partial charge in [-0.05, 0) is 46.5 Å². The average Bonchev–Trinajstić information content (AvgIpc) is 1.93. The first-order valence-corrected chi connectivity index (χ1v) is 6.44. The third kappa shape index (κ3) is 2.57. The molecule has 1 atom stereocenters. The predicted octanol–water partition coefficient (Wildman–Crippen LogP) is 1.98. The molecule has 1 amide bonds. The van der Waals surface area contributed by atoms with Crippen LogP contribution in [0.15, 0.2) is 0 Å². The van der Waals surface area contributed by atoms with Crippen molar-refractivity contribution in [3.8, 4) is 0 Å². The van der Waals surface area contributed by atoms with Crippen LogP contribution in [0.2, 0.25) is 0 Å². The molecule has 0 aromatic rings. The van der Waals surface area contributed by atoms with Crippen LogP contribution in [0.1, 0.15) is 40.5 Å². The van der Waals surface area contributed by atoms with E-state index < -0.39 is 5.60 Å². The highest BCUT2D eigenvalue weighted by atomic mass is 16.6. The zero-order valence-electron chi connectivity index (χ0n) is 11.3. The largest absolute Gasteiger partial charge is 0.444 e. The van der Waals surface area contributed by atoms with Crippen LogP contribution in [0.25, 0.3) is 0 Å². The molecule has 1 saturated carbocycles. The van der Waals surface area contributed by atoms with E-state index in [1.165, 1.54) is 12.8 Å². The van der Waals surface area contributed by atoms with Gasteiger partial charge in [-0.1, -0.05) is 0 Å². The molecule has 1 heterocycles. The Labute approximate surface area is 103 Å². The fourth-order valence-corrected chi connectivity index (χ4v) is 2.90. The molecule has 4 nitrogen and oxygen atoms in total. The maximum Gasteiger partial charge on any atom is 0.410 e. The fraction of sp³-hybridized carbons (Fsp3) is 0.923. The first-order valence-electron chi connectivity index (χ1n) is 6.44. The minimum Gasteiger partial charge on any atom is -0.444 e. The van der Waals surface area contributed by atoms with Crippen LogP contribution in [0.3, 0.4) is 0 Å². The van der Waals surface area contributed by atoms with Gasteiger partial charge >= 0.3 is 6.09 Å². The minimum absolute atomic E-state index is 0.174. The molecule has 0 radical (unpaired) electrons. The van der Waals surface area contributed by atoms with Crippen LogP contribution in [0.4, 0.5) is 4.79 Å². The summed E-state index contributed by atoms with van der Waals surface area (Å²) in [7, 11) is 0. The normalized spacial score (nSPS) is 25.1. The Morgan fingerprint density at radius 3 is 2.35 bits per heavy atom. The van der Waals surface area contributed by atoms with Gasteiger partial charge in [0.05, 0.1) is 0 Å². The molecule has 1 aliphatic carbocycles. The van der Waals surface area contributed by atoms with Gasteiger partial charge in [0.25, 0.3) is 0 Å². The van der Waals surface area contributed by atoms with Crippen LogP contribution in [0.5, 0.6) is 0 Å². The van der Waals surface area contributed by atoms with Crippen LogP contribution in [-0.2, 0) is 4.74 Å². The molecular formula is C13H24N2O2. The van der Waals surface area contributed by atoms with E-state index >= 15 is 0 Å². The zero-order chi connectivity index (χ0) is 12.8. The fourth-order valence-electron chi connectivity index (χ4n) is 2.90. The van der Waals surface area contributed by atoms with Crippen molar-refractivity contribution in [2.75, 3.05) is 13.1 Å². The van der Waals surface area contributed by atoms with Crippen molar-refractivity contribution >= 4 is 6.09 Å². The van der Waals surface area contributed by atoms with Crippen molar-refractivity contribution < 1.29 is 9.53 Å². The first kappa shape index (κ1) is 12.7. The van der Waals surface area contributed by atoms with Gasteiger partial charge in [0.2, 0.25) is 0 Å². The summed E-state index contributed by atoms with van der Waals surface area (Å²) in [4.78, 5) is 13.6. The summed E-state index contributed by atoms with van der Waals surface area (Å²) in [6.07, 6.45) is 2.17. The molecule has 2 N–H and O–H groups in total. The van der Waals surface area contributed by atoms with E-state index in [2.05, 4.69) is 6.92 Å². The van der Waals surface area contributed by atoms with Gasteiger partial charge in [-0.3, -0.25) is 0 Å². The Morgan fingerprint density at radius 1 is 1.41 bits per heavy atom. The summed E-state index contributed by atoms with van der Waals surface area (Å²) >= 11 is 0. The monoisotopic (exact) mass is 240 g/mol. The second-order valence-corrected chi connectivity index (χ2v) is 6.86. The number of hydrogen-bond acceptors (Lipinski definition) is 3. The predicted molar refractivity (Wildman–Crippen MR) is 66.6 cm³/mol. The van der Waals surface area contributed by atoms with Crippen molar-refractivity contribution in [2.24, 2.45) is 17.1 Å². The lowest BCUT2D eigenvalue weighted by Crippen LogP contribution is -2.65. The second kappa shape index (κ2) is 3.87. The topological polar surface area (TPSA) is 55.6 Å². The summed E-state index contributed by atoms with van der Waals surface area (Å²) in [6, 6.07) is 0.288. The maximum absolute atomic E-state index is 11.8. The number of carbonyl (C=O) groups excluding carboxylic acids is 1. The number of ether oxygens (including phenoxy) is 1. The van der Waals surface area contributed by atoms with Crippen molar-refractivity contribution in [1.29, 1.82) is 0 Å². The highest BCUT2D eigenvalue weighted by Crippen LogP contribution is 2.52. The molecule has 4 heteroatoms. The number of rotatable bonds is 1. The highest BCUT2D eigenvalue weighted by molar-refractivity contribution is 5.69. The number of hydrogen-bond donors (Lipinski definition) is 1. The zero-order valence-corrected chi connectivity index (χ0v) is 11.3. The molecule has 1 spiro atoms. The standard InChI is InChI=1S/C13H24N2O2/c1-9(14)10-5-13(6-10)7-15(8-13)11(16)17-12(2,3)4/h9-10H,5-8,14H2,1-4H3. The number of carbonyl (C=O) groups is 1. The highest BCUT2D eigenvalue weighted by Gasteiger charge is 2.54. The minimum atomic E-state index is -0.395. The van der Waals surface area contributed by atoms with Crippen LogP contribution < -0.4 is 5.73 Å².